The van der Waals surface area contributed by atoms with Gasteiger partial charge in [0.2, 0.25) is 0 Å². The Morgan fingerprint density at radius 2 is 1.90 bits per heavy atom. The van der Waals surface area contributed by atoms with E-state index in [1.165, 1.54) is 11.2 Å². The number of hydrogen-bond acceptors (Lipinski definition) is 6. The molecule has 156 valence electrons. The zero-order valence-electron chi connectivity index (χ0n) is 16.4. The van der Waals surface area contributed by atoms with Crippen molar-refractivity contribution in [3.8, 4) is 0 Å². The smallest absolute Gasteiger partial charge is 0.312 e. The molecule has 0 aliphatic carbocycles. The molecule has 1 aliphatic heterocycles. The van der Waals surface area contributed by atoms with E-state index in [1.807, 2.05) is 13.0 Å². The topological polar surface area (TPSA) is 106 Å². The number of benzene rings is 1. The Hall–Kier alpha value is -2.65. The first-order valence-electron chi connectivity index (χ1n) is 9.30. The maximum Gasteiger partial charge on any atom is 0.312 e. The van der Waals surface area contributed by atoms with Crippen molar-refractivity contribution in [2.75, 3.05) is 32.8 Å². The van der Waals surface area contributed by atoms with E-state index >= 15 is 0 Å². The third-order valence-electron chi connectivity index (χ3n) is 4.83. The molecule has 29 heavy (non-hydrogen) atoms. The van der Waals surface area contributed by atoms with E-state index in [1.54, 1.807) is 31.2 Å². The lowest BCUT2D eigenvalue weighted by Crippen LogP contribution is -2.48. The Morgan fingerprint density at radius 3 is 2.55 bits per heavy atom. The standard InChI is InChI=1S/C20H24N2O6S/c1-14-5-6-15(2)17(12-14)29(25,26)18(16-4-3-9-28-16)13-21-19(23)20(24)22-7-10-27-11-8-22/h3-6,9,12,18H,7-8,10-11,13H2,1-2H3,(H,21,23)/t18-/m0/s1. The van der Waals surface area contributed by atoms with Crippen LogP contribution in [0.4, 0.5) is 0 Å². The fourth-order valence-electron chi connectivity index (χ4n) is 3.18. The Morgan fingerprint density at radius 1 is 1.17 bits per heavy atom. The Bertz CT molecular complexity index is 978. The van der Waals surface area contributed by atoms with E-state index in [9.17, 15) is 18.0 Å². The van der Waals surface area contributed by atoms with Crippen LogP contribution in [-0.4, -0.2) is 58.0 Å². The molecule has 2 aromatic rings. The number of aryl methyl sites for hydroxylation is 2. The summed E-state index contributed by atoms with van der Waals surface area (Å²) in [6, 6.07) is 8.30. The normalized spacial score (nSPS) is 15.7. The number of nitrogens with zero attached hydrogens (tertiary/aromatic N) is 1. The Balaban J connectivity index is 1.82. The van der Waals surface area contributed by atoms with Crippen molar-refractivity contribution in [1.29, 1.82) is 0 Å². The van der Waals surface area contributed by atoms with Crippen molar-refractivity contribution in [2.24, 2.45) is 0 Å². The molecule has 2 amide bonds. The summed E-state index contributed by atoms with van der Waals surface area (Å²) < 4.78 is 37.2. The second-order valence-corrected chi connectivity index (χ2v) is 9.03. The largest absolute Gasteiger partial charge is 0.468 e. The Labute approximate surface area is 169 Å². The molecule has 0 unspecified atom stereocenters. The number of ether oxygens (including phenoxy) is 1. The summed E-state index contributed by atoms with van der Waals surface area (Å²) in [5.41, 5.74) is 1.40. The first-order valence-corrected chi connectivity index (χ1v) is 10.8. The summed E-state index contributed by atoms with van der Waals surface area (Å²) in [6.45, 7) is 4.64. The summed E-state index contributed by atoms with van der Waals surface area (Å²) >= 11 is 0. The van der Waals surface area contributed by atoms with Crippen molar-refractivity contribution >= 4 is 21.7 Å². The average molecular weight is 420 g/mol. The van der Waals surface area contributed by atoms with Crippen LogP contribution >= 0.6 is 0 Å². The first-order chi connectivity index (χ1) is 13.8. The van der Waals surface area contributed by atoms with Gasteiger partial charge in [-0.05, 0) is 43.2 Å². The fourth-order valence-corrected chi connectivity index (χ4v) is 5.09. The highest BCUT2D eigenvalue weighted by Gasteiger charge is 2.34. The lowest BCUT2D eigenvalue weighted by atomic mass is 10.2. The molecule has 9 heteroatoms. The molecule has 2 heterocycles. The van der Waals surface area contributed by atoms with Crippen molar-refractivity contribution in [1.82, 2.24) is 10.2 Å². The van der Waals surface area contributed by atoms with Crippen LogP contribution < -0.4 is 5.32 Å². The molecule has 1 N–H and O–H groups in total. The lowest BCUT2D eigenvalue weighted by Gasteiger charge is -2.26. The van der Waals surface area contributed by atoms with Crippen LogP contribution in [0.15, 0.2) is 45.9 Å². The second-order valence-electron chi connectivity index (χ2n) is 6.93. The maximum absolute atomic E-state index is 13.4. The predicted octanol–water partition coefficient (Wildman–Crippen LogP) is 1.39. The van der Waals surface area contributed by atoms with E-state index in [0.717, 1.165) is 5.56 Å². The molecule has 1 aromatic heterocycles. The van der Waals surface area contributed by atoms with Gasteiger partial charge in [0, 0.05) is 19.6 Å². The van der Waals surface area contributed by atoms with Crippen molar-refractivity contribution in [2.45, 2.75) is 24.0 Å². The quantitative estimate of drug-likeness (QED) is 0.733. The maximum atomic E-state index is 13.4. The number of nitrogens with one attached hydrogen (secondary N) is 1. The average Bonchev–Trinajstić information content (AvgIpc) is 3.24. The highest BCUT2D eigenvalue weighted by Crippen LogP contribution is 2.31. The predicted molar refractivity (Wildman–Crippen MR) is 105 cm³/mol. The van der Waals surface area contributed by atoms with Gasteiger partial charge in [0.15, 0.2) is 9.84 Å². The molecule has 0 bridgehead atoms. The molecule has 1 atom stereocenters. The highest BCUT2D eigenvalue weighted by atomic mass is 32.2. The van der Waals surface area contributed by atoms with Crippen LogP contribution in [0.25, 0.3) is 0 Å². The summed E-state index contributed by atoms with van der Waals surface area (Å²) in [6.07, 6.45) is 1.38. The van der Waals surface area contributed by atoms with E-state index in [0.29, 0.717) is 31.9 Å². The van der Waals surface area contributed by atoms with Crippen molar-refractivity contribution in [3.05, 3.63) is 53.5 Å². The first kappa shape index (κ1) is 21.1. The van der Waals surface area contributed by atoms with E-state index in [2.05, 4.69) is 5.32 Å². The lowest BCUT2D eigenvalue weighted by molar-refractivity contribution is -0.148. The fraction of sp³-hybridized carbons (Fsp3) is 0.400. The minimum absolute atomic E-state index is 0.174. The van der Waals surface area contributed by atoms with Gasteiger partial charge < -0.3 is 19.4 Å². The molecule has 1 fully saturated rings. The van der Waals surface area contributed by atoms with E-state index in [4.69, 9.17) is 9.15 Å². The molecule has 0 spiro atoms. The number of hydrogen-bond donors (Lipinski definition) is 1. The molecule has 3 rings (SSSR count). The van der Waals surface area contributed by atoms with Crippen molar-refractivity contribution < 1.29 is 27.2 Å². The van der Waals surface area contributed by atoms with Gasteiger partial charge in [0.25, 0.3) is 0 Å². The molecule has 8 nitrogen and oxygen atoms in total. The van der Waals surface area contributed by atoms with Crippen LogP contribution in [0.1, 0.15) is 22.1 Å². The zero-order valence-corrected chi connectivity index (χ0v) is 17.2. The SMILES string of the molecule is Cc1ccc(C)c(S(=O)(=O)[C@@H](CNC(=O)C(=O)N2CCOCC2)c2ccco2)c1. The van der Waals surface area contributed by atoms with Gasteiger partial charge in [0.1, 0.15) is 11.0 Å². The third-order valence-corrected chi connectivity index (χ3v) is 7.03. The van der Waals surface area contributed by atoms with Gasteiger partial charge in [-0.1, -0.05) is 12.1 Å². The number of amides is 2. The molecule has 0 radical (unpaired) electrons. The molecular weight excluding hydrogens is 396 g/mol. The van der Waals surface area contributed by atoms with Crippen LogP contribution in [0.2, 0.25) is 0 Å². The molecular formula is C20H24N2O6S. The molecule has 0 saturated carbocycles. The van der Waals surface area contributed by atoms with Gasteiger partial charge in [0.05, 0.1) is 24.4 Å². The van der Waals surface area contributed by atoms with Crippen LogP contribution in [0, 0.1) is 13.8 Å². The van der Waals surface area contributed by atoms with Gasteiger partial charge in [-0.2, -0.15) is 0 Å². The van der Waals surface area contributed by atoms with Gasteiger partial charge in [-0.15, -0.1) is 0 Å². The van der Waals surface area contributed by atoms with Gasteiger partial charge in [-0.25, -0.2) is 8.42 Å². The monoisotopic (exact) mass is 420 g/mol. The second kappa shape index (κ2) is 8.79. The summed E-state index contributed by atoms with van der Waals surface area (Å²) in [7, 11) is -3.88. The molecule has 1 aliphatic rings. The van der Waals surface area contributed by atoms with Crippen molar-refractivity contribution in [3.63, 3.8) is 0 Å². The van der Waals surface area contributed by atoms with Gasteiger partial charge in [-0.3, -0.25) is 9.59 Å². The van der Waals surface area contributed by atoms with E-state index in [-0.39, 0.29) is 17.2 Å². The highest BCUT2D eigenvalue weighted by molar-refractivity contribution is 7.91. The summed E-state index contributed by atoms with van der Waals surface area (Å²) in [5, 5.41) is 1.31. The minimum atomic E-state index is -3.88. The number of furan rings is 1. The number of morpholine rings is 1. The number of sulfone groups is 1. The Kier molecular flexibility index (Phi) is 6.39. The van der Waals surface area contributed by atoms with E-state index < -0.39 is 26.9 Å². The number of carbonyl (C=O) groups is 2. The minimum Gasteiger partial charge on any atom is -0.468 e. The third kappa shape index (κ3) is 4.68. The van der Waals surface area contributed by atoms with Crippen LogP contribution in [0.3, 0.4) is 0 Å². The number of rotatable bonds is 5. The molecule has 1 aromatic carbocycles. The summed E-state index contributed by atoms with van der Waals surface area (Å²) in [4.78, 5) is 26.2. The van der Waals surface area contributed by atoms with Gasteiger partial charge >= 0.3 is 11.8 Å². The summed E-state index contributed by atoms with van der Waals surface area (Å²) in [5.74, 6) is -1.35. The van der Waals surface area contributed by atoms with Crippen LogP contribution in [0.5, 0.6) is 0 Å². The zero-order chi connectivity index (χ0) is 21.0. The van der Waals surface area contributed by atoms with Crippen LogP contribution in [-0.2, 0) is 24.2 Å². The number of carbonyl (C=O) groups excluding carboxylic acids is 2. The molecule has 1 saturated heterocycles.